The molecular formula is C25H37N7OS. The zero-order valence-corrected chi connectivity index (χ0v) is 21.4. The van der Waals surface area contributed by atoms with Crippen LogP contribution in [-0.4, -0.2) is 74.6 Å². The first kappa shape index (κ1) is 24.5. The van der Waals surface area contributed by atoms with E-state index in [0.29, 0.717) is 36.0 Å². The summed E-state index contributed by atoms with van der Waals surface area (Å²) in [7, 11) is 1.68. The Morgan fingerprint density at radius 2 is 1.59 bits per heavy atom. The number of thiocarbonyl (C=S) groups is 1. The molecule has 9 heteroatoms. The molecular weight excluding hydrogens is 446 g/mol. The lowest BCUT2D eigenvalue weighted by Crippen LogP contribution is -2.47. The molecule has 0 aliphatic carbocycles. The SMILES string of the molecule is COCCNC(=S)Nc1nc(N2CCN(c3ccccc3)CC2)cc(N2C[C@H](C)C[C@@H](C)C2)n1. The number of anilines is 4. The third-order valence-electron chi connectivity index (χ3n) is 6.43. The van der Waals surface area contributed by atoms with Crippen molar-refractivity contribution in [3.05, 3.63) is 36.4 Å². The van der Waals surface area contributed by atoms with Crippen LogP contribution in [0.15, 0.2) is 36.4 Å². The van der Waals surface area contributed by atoms with Crippen LogP contribution in [0.3, 0.4) is 0 Å². The number of aromatic nitrogens is 2. The summed E-state index contributed by atoms with van der Waals surface area (Å²) in [4.78, 5) is 16.9. The number of hydrogen-bond acceptors (Lipinski definition) is 7. The first-order valence-electron chi connectivity index (χ1n) is 12.2. The largest absolute Gasteiger partial charge is 0.383 e. The molecule has 2 fully saturated rings. The molecule has 34 heavy (non-hydrogen) atoms. The minimum absolute atomic E-state index is 0.509. The second-order valence-corrected chi connectivity index (χ2v) is 9.85. The Labute approximate surface area is 208 Å². The molecule has 1 aromatic heterocycles. The highest BCUT2D eigenvalue weighted by Gasteiger charge is 2.25. The minimum Gasteiger partial charge on any atom is -0.383 e. The number of piperidine rings is 1. The lowest BCUT2D eigenvalue weighted by atomic mass is 9.92. The van der Waals surface area contributed by atoms with Crippen LogP contribution in [0.4, 0.5) is 23.3 Å². The quantitative estimate of drug-likeness (QED) is 0.456. The summed E-state index contributed by atoms with van der Waals surface area (Å²) < 4.78 is 5.10. The Bertz CT molecular complexity index is 926. The highest BCUT2D eigenvalue weighted by molar-refractivity contribution is 7.80. The van der Waals surface area contributed by atoms with Gasteiger partial charge in [-0.15, -0.1) is 0 Å². The highest BCUT2D eigenvalue weighted by atomic mass is 32.1. The number of benzene rings is 1. The average Bonchev–Trinajstić information content (AvgIpc) is 2.84. The monoisotopic (exact) mass is 483 g/mol. The van der Waals surface area contributed by atoms with Crippen molar-refractivity contribution in [3.63, 3.8) is 0 Å². The number of methoxy groups -OCH3 is 1. The first-order valence-corrected chi connectivity index (χ1v) is 12.7. The van der Waals surface area contributed by atoms with Crippen molar-refractivity contribution in [3.8, 4) is 0 Å². The molecule has 2 atom stereocenters. The maximum Gasteiger partial charge on any atom is 0.232 e. The van der Waals surface area contributed by atoms with Crippen molar-refractivity contribution >= 4 is 40.6 Å². The Morgan fingerprint density at radius 1 is 0.971 bits per heavy atom. The van der Waals surface area contributed by atoms with Gasteiger partial charge in [-0.2, -0.15) is 9.97 Å². The zero-order chi connectivity index (χ0) is 23.9. The predicted octanol–water partition coefficient (Wildman–Crippen LogP) is 3.22. The van der Waals surface area contributed by atoms with E-state index in [1.54, 1.807) is 7.11 Å². The van der Waals surface area contributed by atoms with Gasteiger partial charge in [0, 0.05) is 64.7 Å². The van der Waals surface area contributed by atoms with Crippen molar-refractivity contribution in [2.45, 2.75) is 20.3 Å². The molecule has 8 nitrogen and oxygen atoms in total. The van der Waals surface area contributed by atoms with Crippen LogP contribution < -0.4 is 25.3 Å². The average molecular weight is 484 g/mol. The summed E-state index contributed by atoms with van der Waals surface area (Å²) in [5.41, 5.74) is 1.27. The third-order valence-corrected chi connectivity index (χ3v) is 6.68. The van der Waals surface area contributed by atoms with Gasteiger partial charge in [-0.1, -0.05) is 32.0 Å². The summed E-state index contributed by atoms with van der Waals surface area (Å²) in [6.07, 6.45) is 1.26. The predicted molar refractivity (Wildman–Crippen MR) is 144 cm³/mol. The van der Waals surface area contributed by atoms with Crippen LogP contribution in [0, 0.1) is 11.8 Å². The summed E-state index contributed by atoms with van der Waals surface area (Å²) in [5.74, 6) is 3.75. The van der Waals surface area contributed by atoms with E-state index in [4.69, 9.17) is 26.9 Å². The van der Waals surface area contributed by atoms with E-state index in [-0.39, 0.29) is 0 Å². The van der Waals surface area contributed by atoms with E-state index in [0.717, 1.165) is 50.9 Å². The Kier molecular flexibility index (Phi) is 8.39. The Morgan fingerprint density at radius 3 is 2.24 bits per heavy atom. The number of para-hydroxylation sites is 1. The van der Waals surface area contributed by atoms with Crippen molar-refractivity contribution < 1.29 is 4.74 Å². The smallest absolute Gasteiger partial charge is 0.232 e. The molecule has 0 amide bonds. The van der Waals surface area contributed by atoms with Crippen molar-refractivity contribution in [1.82, 2.24) is 15.3 Å². The van der Waals surface area contributed by atoms with E-state index >= 15 is 0 Å². The van der Waals surface area contributed by atoms with Crippen molar-refractivity contribution in [2.24, 2.45) is 11.8 Å². The molecule has 2 aliphatic rings. The molecule has 4 rings (SSSR count). The fourth-order valence-electron chi connectivity index (χ4n) is 4.90. The van der Waals surface area contributed by atoms with Crippen LogP contribution in [0.2, 0.25) is 0 Å². The van der Waals surface area contributed by atoms with Gasteiger partial charge in [0.1, 0.15) is 11.6 Å². The number of rotatable bonds is 7. The molecule has 2 saturated heterocycles. The van der Waals surface area contributed by atoms with E-state index in [1.165, 1.54) is 12.1 Å². The zero-order valence-electron chi connectivity index (χ0n) is 20.5. The van der Waals surface area contributed by atoms with Crippen LogP contribution >= 0.6 is 12.2 Å². The number of nitrogens with one attached hydrogen (secondary N) is 2. The molecule has 0 saturated carbocycles. The first-order chi connectivity index (χ1) is 16.5. The normalized spacial score (nSPS) is 20.9. The summed E-state index contributed by atoms with van der Waals surface area (Å²) in [6.45, 7) is 11.6. The topological polar surface area (TPSA) is 68.8 Å². The Balaban J connectivity index is 1.51. The van der Waals surface area contributed by atoms with Crippen LogP contribution in [0.1, 0.15) is 20.3 Å². The van der Waals surface area contributed by atoms with Crippen molar-refractivity contribution in [1.29, 1.82) is 0 Å². The number of hydrogen-bond donors (Lipinski definition) is 2. The summed E-state index contributed by atoms with van der Waals surface area (Å²) >= 11 is 5.46. The molecule has 2 aromatic rings. The van der Waals surface area contributed by atoms with Crippen LogP contribution in [0.25, 0.3) is 0 Å². The van der Waals surface area contributed by atoms with Gasteiger partial charge in [0.05, 0.1) is 6.61 Å². The van der Waals surface area contributed by atoms with E-state index in [2.05, 4.69) is 75.6 Å². The minimum atomic E-state index is 0.509. The van der Waals surface area contributed by atoms with E-state index < -0.39 is 0 Å². The van der Waals surface area contributed by atoms with Gasteiger partial charge >= 0.3 is 0 Å². The molecule has 2 N–H and O–H groups in total. The lowest BCUT2D eigenvalue weighted by Gasteiger charge is -2.38. The molecule has 2 aliphatic heterocycles. The standard InChI is InChI=1S/C25H37N7OS/c1-19-15-20(2)18-32(17-19)23-16-22(27-24(28-23)29-25(34)26-9-14-33-3)31-12-10-30(11-13-31)21-7-5-4-6-8-21/h4-8,16,19-20H,9-15,17-18H2,1-3H3,(H2,26,27,28,29,34)/t19-,20-/m1/s1. The van der Waals surface area contributed by atoms with Gasteiger partial charge in [0.25, 0.3) is 0 Å². The molecule has 0 spiro atoms. The number of nitrogens with zero attached hydrogens (tertiary/aromatic N) is 5. The lowest BCUT2D eigenvalue weighted by molar-refractivity contribution is 0.204. The summed E-state index contributed by atoms with van der Waals surface area (Å²) in [6, 6.07) is 12.8. The molecule has 3 heterocycles. The number of ether oxygens (including phenoxy) is 1. The molecule has 0 bridgehead atoms. The van der Waals surface area contributed by atoms with E-state index in [1.807, 2.05) is 0 Å². The molecule has 0 unspecified atom stereocenters. The highest BCUT2D eigenvalue weighted by Crippen LogP contribution is 2.29. The number of piperazine rings is 1. The fraction of sp³-hybridized carbons (Fsp3) is 0.560. The van der Waals surface area contributed by atoms with Crippen molar-refractivity contribution in [2.75, 3.05) is 79.5 Å². The van der Waals surface area contributed by atoms with E-state index in [9.17, 15) is 0 Å². The Hall–Kier alpha value is -2.65. The molecule has 184 valence electrons. The van der Waals surface area contributed by atoms with Gasteiger partial charge in [-0.05, 0) is 42.6 Å². The van der Waals surface area contributed by atoms with Gasteiger partial charge < -0.3 is 30.1 Å². The van der Waals surface area contributed by atoms with Gasteiger partial charge in [-0.3, -0.25) is 0 Å². The maximum atomic E-state index is 5.46. The maximum absolute atomic E-state index is 5.46. The molecule has 1 aromatic carbocycles. The van der Waals surface area contributed by atoms with Gasteiger partial charge in [-0.25, -0.2) is 0 Å². The summed E-state index contributed by atoms with van der Waals surface area (Å²) in [5, 5.41) is 6.85. The van der Waals surface area contributed by atoms with Crippen LogP contribution in [0.5, 0.6) is 0 Å². The van der Waals surface area contributed by atoms with Gasteiger partial charge in [0.15, 0.2) is 5.11 Å². The second-order valence-electron chi connectivity index (χ2n) is 9.44. The van der Waals surface area contributed by atoms with Crippen LogP contribution in [-0.2, 0) is 4.74 Å². The fourth-order valence-corrected chi connectivity index (χ4v) is 5.09. The van der Waals surface area contributed by atoms with Gasteiger partial charge in [0.2, 0.25) is 5.95 Å². The third kappa shape index (κ3) is 6.48. The molecule has 0 radical (unpaired) electrons. The second kappa shape index (κ2) is 11.7.